The molecule has 0 aromatic carbocycles. The second kappa shape index (κ2) is 5.35. The zero-order chi connectivity index (χ0) is 15.8. The third-order valence-corrected chi connectivity index (χ3v) is 4.04. The molecule has 0 saturated heterocycles. The van der Waals surface area contributed by atoms with E-state index >= 15 is 0 Å². The molecular weight excluding hydrogens is 292 g/mol. The van der Waals surface area contributed by atoms with E-state index in [1.807, 2.05) is 6.92 Å². The summed E-state index contributed by atoms with van der Waals surface area (Å²) in [6, 6.07) is 3.52. The summed E-state index contributed by atoms with van der Waals surface area (Å²) >= 11 is 0. The number of nitrogens with zero attached hydrogens (tertiary/aromatic N) is 4. The maximum absolute atomic E-state index is 12.3. The van der Waals surface area contributed by atoms with Crippen LogP contribution in [-0.2, 0) is 0 Å². The van der Waals surface area contributed by atoms with Crippen molar-refractivity contribution < 1.29 is 4.79 Å². The summed E-state index contributed by atoms with van der Waals surface area (Å²) in [5, 5.41) is 10.1. The molecule has 1 aliphatic rings. The van der Waals surface area contributed by atoms with Crippen LogP contribution in [0.3, 0.4) is 0 Å². The van der Waals surface area contributed by atoms with Crippen molar-refractivity contribution in [2.75, 3.05) is 5.32 Å². The molecule has 0 bridgehead atoms. The van der Waals surface area contributed by atoms with Gasteiger partial charge in [0.1, 0.15) is 12.1 Å². The van der Waals surface area contributed by atoms with Crippen LogP contribution in [0.15, 0.2) is 37.1 Å². The second-order valence-corrected chi connectivity index (χ2v) is 5.71. The smallest absolute Gasteiger partial charge is 0.258 e. The number of aromatic nitrogens is 5. The first kappa shape index (κ1) is 13.7. The monoisotopic (exact) mass is 308 g/mol. The Morgan fingerprint density at radius 2 is 2.26 bits per heavy atom. The molecule has 7 nitrogen and oxygen atoms in total. The van der Waals surface area contributed by atoms with Gasteiger partial charge in [-0.2, -0.15) is 5.10 Å². The largest absolute Gasteiger partial charge is 0.305 e. The van der Waals surface area contributed by atoms with Gasteiger partial charge in [0.2, 0.25) is 0 Å². The topological polar surface area (TPSA) is 88.5 Å². The predicted octanol–water partition coefficient (Wildman–Crippen LogP) is 2.43. The molecule has 1 aliphatic carbocycles. The van der Waals surface area contributed by atoms with Crippen LogP contribution < -0.4 is 5.32 Å². The maximum Gasteiger partial charge on any atom is 0.258 e. The lowest BCUT2D eigenvalue weighted by Crippen LogP contribution is -2.13. The summed E-state index contributed by atoms with van der Waals surface area (Å²) < 4.78 is 1.78. The van der Waals surface area contributed by atoms with E-state index in [2.05, 4.69) is 25.5 Å². The van der Waals surface area contributed by atoms with Gasteiger partial charge in [-0.25, -0.2) is 9.97 Å². The van der Waals surface area contributed by atoms with E-state index in [0.29, 0.717) is 23.1 Å². The number of anilines is 1. The van der Waals surface area contributed by atoms with Crippen LogP contribution in [-0.4, -0.2) is 30.6 Å². The van der Waals surface area contributed by atoms with Crippen molar-refractivity contribution in [2.45, 2.75) is 25.7 Å². The van der Waals surface area contributed by atoms with Crippen molar-refractivity contribution in [1.29, 1.82) is 0 Å². The fraction of sp³-hybridized carbons (Fsp3) is 0.250. The molecule has 0 radical (unpaired) electrons. The van der Waals surface area contributed by atoms with Crippen LogP contribution in [0, 0.1) is 6.92 Å². The van der Waals surface area contributed by atoms with Crippen LogP contribution in [0.25, 0.3) is 5.82 Å². The third-order valence-electron chi connectivity index (χ3n) is 4.04. The lowest BCUT2D eigenvalue weighted by atomic mass is 10.2. The van der Waals surface area contributed by atoms with Gasteiger partial charge in [0.25, 0.3) is 5.91 Å². The van der Waals surface area contributed by atoms with Gasteiger partial charge in [-0.1, -0.05) is 0 Å². The molecule has 1 saturated carbocycles. The van der Waals surface area contributed by atoms with E-state index in [1.165, 1.54) is 12.8 Å². The molecule has 0 spiro atoms. The fourth-order valence-electron chi connectivity index (χ4n) is 2.55. The predicted molar refractivity (Wildman–Crippen MR) is 84.6 cm³/mol. The van der Waals surface area contributed by atoms with Crippen molar-refractivity contribution in [3.63, 3.8) is 0 Å². The van der Waals surface area contributed by atoms with E-state index < -0.39 is 0 Å². The number of carbonyl (C=O) groups is 1. The highest BCUT2D eigenvalue weighted by atomic mass is 16.1. The van der Waals surface area contributed by atoms with Crippen LogP contribution in [0.4, 0.5) is 5.82 Å². The number of rotatable bonds is 4. The van der Waals surface area contributed by atoms with Gasteiger partial charge < -0.3 is 5.32 Å². The maximum atomic E-state index is 12.3. The highest BCUT2D eigenvalue weighted by Crippen LogP contribution is 2.41. The van der Waals surface area contributed by atoms with Crippen molar-refractivity contribution in [3.8, 4) is 5.82 Å². The fourth-order valence-corrected chi connectivity index (χ4v) is 2.55. The molecular formula is C16H16N6O. The highest BCUT2D eigenvalue weighted by molar-refractivity contribution is 6.04. The Balaban J connectivity index is 1.50. The minimum Gasteiger partial charge on any atom is -0.305 e. The Morgan fingerprint density at radius 3 is 2.91 bits per heavy atom. The first-order chi connectivity index (χ1) is 11.2. The molecule has 7 heteroatoms. The normalized spacial score (nSPS) is 14.0. The molecule has 2 N–H and O–H groups in total. The molecule has 4 rings (SSSR count). The molecule has 116 valence electrons. The zero-order valence-corrected chi connectivity index (χ0v) is 12.7. The summed E-state index contributed by atoms with van der Waals surface area (Å²) in [5.41, 5.74) is 2.64. The number of amides is 1. The van der Waals surface area contributed by atoms with Gasteiger partial charge in [0, 0.05) is 35.8 Å². The molecule has 3 aromatic rings. The third kappa shape index (κ3) is 2.61. The summed E-state index contributed by atoms with van der Waals surface area (Å²) in [6.45, 7) is 1.98. The van der Waals surface area contributed by atoms with Gasteiger partial charge in [0.15, 0.2) is 5.82 Å². The van der Waals surface area contributed by atoms with Crippen molar-refractivity contribution >= 4 is 11.7 Å². The number of hydrogen-bond donors (Lipinski definition) is 2. The average Bonchev–Trinajstić information content (AvgIpc) is 3.13. The number of H-pyrrole nitrogens is 1. The van der Waals surface area contributed by atoms with E-state index in [0.717, 1.165) is 11.3 Å². The van der Waals surface area contributed by atoms with Gasteiger partial charge in [0.05, 0.1) is 5.56 Å². The summed E-state index contributed by atoms with van der Waals surface area (Å²) in [7, 11) is 0. The lowest BCUT2D eigenvalue weighted by molar-refractivity contribution is 0.102. The van der Waals surface area contributed by atoms with Crippen LogP contribution in [0.5, 0.6) is 0 Å². The zero-order valence-electron chi connectivity index (χ0n) is 12.7. The summed E-state index contributed by atoms with van der Waals surface area (Å²) in [4.78, 5) is 20.6. The number of nitrogens with one attached hydrogen (secondary N) is 2. The van der Waals surface area contributed by atoms with E-state index in [4.69, 9.17) is 0 Å². The van der Waals surface area contributed by atoms with Gasteiger partial charge in [-0.05, 0) is 31.9 Å². The number of pyridine rings is 1. The molecule has 3 aromatic heterocycles. The SMILES string of the molecule is Cc1c(NC(=O)c2ccc(-n3ccnc3)nc2)n[nH]c1C1CC1. The highest BCUT2D eigenvalue weighted by Gasteiger charge is 2.28. The number of hydrogen-bond acceptors (Lipinski definition) is 4. The standard InChI is InChI=1S/C16H16N6O/c1-10-14(11-2-3-11)20-21-15(10)19-16(23)12-4-5-13(18-8-12)22-7-6-17-9-22/h4-9,11H,2-3H2,1H3,(H2,19,20,21,23). The van der Waals surface area contributed by atoms with Crippen molar-refractivity contribution in [1.82, 2.24) is 24.7 Å². The van der Waals surface area contributed by atoms with Crippen molar-refractivity contribution in [2.24, 2.45) is 0 Å². The van der Waals surface area contributed by atoms with Gasteiger partial charge in [-0.15, -0.1) is 0 Å². The molecule has 1 fully saturated rings. The van der Waals surface area contributed by atoms with Gasteiger partial charge >= 0.3 is 0 Å². The van der Waals surface area contributed by atoms with Crippen LogP contribution >= 0.6 is 0 Å². The molecule has 3 heterocycles. The van der Waals surface area contributed by atoms with Crippen LogP contribution in [0.1, 0.15) is 40.4 Å². The quantitative estimate of drug-likeness (QED) is 0.774. The molecule has 23 heavy (non-hydrogen) atoms. The Labute approximate surface area is 132 Å². The summed E-state index contributed by atoms with van der Waals surface area (Å²) in [5.74, 6) is 1.66. The molecule has 1 amide bonds. The summed E-state index contributed by atoms with van der Waals surface area (Å²) in [6.07, 6.45) is 9.07. The van der Waals surface area contributed by atoms with E-state index in [9.17, 15) is 4.79 Å². The minimum atomic E-state index is -0.216. The van der Waals surface area contributed by atoms with Crippen LogP contribution in [0.2, 0.25) is 0 Å². The Morgan fingerprint density at radius 1 is 1.39 bits per heavy atom. The second-order valence-electron chi connectivity index (χ2n) is 5.71. The number of imidazole rings is 1. The Hall–Kier alpha value is -2.96. The minimum absolute atomic E-state index is 0.216. The van der Waals surface area contributed by atoms with E-state index in [-0.39, 0.29) is 5.91 Å². The average molecular weight is 308 g/mol. The molecule has 0 aliphatic heterocycles. The first-order valence-corrected chi connectivity index (χ1v) is 7.53. The molecule has 0 unspecified atom stereocenters. The number of carbonyl (C=O) groups excluding carboxylic acids is 1. The number of aromatic amines is 1. The molecule has 0 atom stereocenters. The van der Waals surface area contributed by atoms with Gasteiger partial charge in [-0.3, -0.25) is 14.5 Å². The van der Waals surface area contributed by atoms with Crippen molar-refractivity contribution in [3.05, 3.63) is 53.9 Å². The first-order valence-electron chi connectivity index (χ1n) is 7.53. The lowest BCUT2D eigenvalue weighted by Gasteiger charge is -2.05. The van der Waals surface area contributed by atoms with E-state index in [1.54, 1.807) is 41.6 Å². The Kier molecular flexibility index (Phi) is 3.18. The Bertz CT molecular complexity index is 830.